The molecule has 0 atom stereocenters. The van der Waals surface area contributed by atoms with E-state index in [4.69, 9.17) is 5.11 Å². The van der Waals surface area contributed by atoms with Gasteiger partial charge in [-0.15, -0.1) is 0 Å². The molecule has 0 bridgehead atoms. The molecule has 0 aliphatic rings. The van der Waals surface area contributed by atoms with Crippen molar-refractivity contribution in [3.05, 3.63) is 65.9 Å². The van der Waals surface area contributed by atoms with Gasteiger partial charge in [-0.3, -0.25) is 0 Å². The molecule has 0 saturated carbocycles. The summed E-state index contributed by atoms with van der Waals surface area (Å²) in [6.07, 6.45) is 1.65. The number of rotatable bonds is 3. The number of fused-ring (bicyclic) bond motifs is 1. The molecular weight excluding hydrogens is 292 g/mol. The number of para-hydroxylation sites is 1. The Morgan fingerprint density at radius 1 is 1.17 bits per heavy atom. The highest BCUT2D eigenvalue weighted by Gasteiger charge is 2.09. The second kappa shape index (κ2) is 5.88. The fourth-order valence-corrected chi connectivity index (χ4v) is 2.40. The van der Waals surface area contributed by atoms with Crippen LogP contribution in [0.4, 0.5) is 5.69 Å². The van der Waals surface area contributed by atoms with Crippen LogP contribution < -0.4 is 9.67 Å². The summed E-state index contributed by atoms with van der Waals surface area (Å²) in [6.45, 7) is 0. The van der Waals surface area contributed by atoms with E-state index < -0.39 is 11.7 Å². The third kappa shape index (κ3) is 2.89. The Morgan fingerprint density at radius 2 is 1.96 bits per heavy atom. The van der Waals surface area contributed by atoms with Gasteiger partial charge >= 0.3 is 5.97 Å². The molecule has 5 nitrogen and oxygen atoms in total. The Balaban J connectivity index is 1.95. The molecule has 0 unspecified atom stereocenters. The Kier molecular flexibility index (Phi) is 3.76. The molecule has 0 amide bonds. The van der Waals surface area contributed by atoms with Gasteiger partial charge in [0, 0.05) is 17.5 Å². The van der Waals surface area contributed by atoms with Crippen LogP contribution in [0.15, 0.2) is 59.6 Å². The van der Waals surface area contributed by atoms with Crippen molar-refractivity contribution in [2.75, 3.05) is 0 Å². The third-order valence-corrected chi connectivity index (χ3v) is 3.66. The van der Waals surface area contributed by atoms with Crippen molar-refractivity contribution in [3.63, 3.8) is 0 Å². The average molecular weight is 306 g/mol. The van der Waals surface area contributed by atoms with Crippen LogP contribution in [0.25, 0.3) is 10.9 Å². The zero-order chi connectivity index (χ0) is 16.4. The van der Waals surface area contributed by atoms with Crippen molar-refractivity contribution in [3.8, 4) is 5.75 Å². The van der Waals surface area contributed by atoms with Gasteiger partial charge in [0.2, 0.25) is 11.2 Å². The lowest BCUT2D eigenvalue weighted by Gasteiger charge is -2.09. The molecule has 3 rings (SSSR count). The third-order valence-electron chi connectivity index (χ3n) is 3.66. The van der Waals surface area contributed by atoms with E-state index >= 15 is 0 Å². The highest BCUT2D eigenvalue weighted by atomic mass is 16.4. The van der Waals surface area contributed by atoms with Crippen LogP contribution in [0.5, 0.6) is 5.75 Å². The van der Waals surface area contributed by atoms with Crippen LogP contribution in [0, 0.1) is 0 Å². The summed E-state index contributed by atoms with van der Waals surface area (Å²) < 4.78 is 2.00. The average Bonchev–Trinajstić information content (AvgIpc) is 2.54. The Labute approximate surface area is 132 Å². The van der Waals surface area contributed by atoms with Crippen LogP contribution in [0.1, 0.15) is 16.1 Å². The van der Waals surface area contributed by atoms with Crippen molar-refractivity contribution in [1.82, 2.24) is 0 Å². The molecular formula is C18H14N2O3. The van der Waals surface area contributed by atoms with E-state index in [0.717, 1.165) is 16.6 Å². The predicted molar refractivity (Wildman–Crippen MR) is 85.2 cm³/mol. The van der Waals surface area contributed by atoms with Crippen molar-refractivity contribution in [2.24, 2.45) is 12.0 Å². The molecule has 1 N–H and O–H groups in total. The number of carbonyl (C=O) groups is 1. The van der Waals surface area contributed by atoms with Crippen molar-refractivity contribution < 1.29 is 19.6 Å². The monoisotopic (exact) mass is 306 g/mol. The second-order valence-electron chi connectivity index (χ2n) is 5.12. The number of pyridine rings is 1. The van der Waals surface area contributed by atoms with Gasteiger partial charge in [-0.1, -0.05) is 17.9 Å². The summed E-state index contributed by atoms with van der Waals surface area (Å²) >= 11 is 0. The molecule has 0 fully saturated rings. The summed E-state index contributed by atoms with van der Waals surface area (Å²) in [7, 11) is 1.94. The lowest BCUT2D eigenvalue weighted by Crippen LogP contribution is -2.34. The highest BCUT2D eigenvalue weighted by molar-refractivity contribution is 5.91. The van der Waals surface area contributed by atoms with E-state index in [1.54, 1.807) is 6.21 Å². The van der Waals surface area contributed by atoms with Crippen LogP contribution in [0.2, 0.25) is 0 Å². The van der Waals surface area contributed by atoms with Crippen LogP contribution in [-0.2, 0) is 7.05 Å². The fraction of sp³-hybridized carbons (Fsp3) is 0.0556. The zero-order valence-corrected chi connectivity index (χ0v) is 12.4. The van der Waals surface area contributed by atoms with Crippen molar-refractivity contribution >= 4 is 28.8 Å². The van der Waals surface area contributed by atoms with Gasteiger partial charge in [0.25, 0.3) is 0 Å². The van der Waals surface area contributed by atoms with E-state index in [-0.39, 0.29) is 5.56 Å². The number of benzene rings is 2. The first-order chi connectivity index (χ1) is 11.1. The van der Waals surface area contributed by atoms with Gasteiger partial charge in [0.15, 0.2) is 0 Å². The largest absolute Gasteiger partial charge is 0.872 e. The summed E-state index contributed by atoms with van der Waals surface area (Å²) in [5, 5.41) is 21.7. The Morgan fingerprint density at radius 3 is 2.70 bits per heavy atom. The molecule has 0 saturated heterocycles. The lowest BCUT2D eigenvalue weighted by molar-refractivity contribution is -0.645. The number of hydrogen-bond acceptors (Lipinski definition) is 3. The number of aryl methyl sites for hydroxylation is 1. The van der Waals surface area contributed by atoms with Gasteiger partial charge in [-0.05, 0) is 30.3 Å². The van der Waals surface area contributed by atoms with Gasteiger partial charge in [-0.2, -0.15) is 4.57 Å². The number of aliphatic imine (C=N–C) groups is 1. The summed E-state index contributed by atoms with van der Waals surface area (Å²) in [5.41, 5.74) is 2.12. The number of carboxylic acids is 1. The van der Waals surface area contributed by atoms with E-state index in [1.807, 2.05) is 48.0 Å². The molecule has 5 heteroatoms. The van der Waals surface area contributed by atoms with Crippen LogP contribution in [-0.4, -0.2) is 17.3 Å². The highest BCUT2D eigenvalue weighted by Crippen LogP contribution is 2.21. The maximum absolute atomic E-state index is 11.7. The van der Waals surface area contributed by atoms with Gasteiger partial charge in [0.1, 0.15) is 7.05 Å². The standard InChI is InChI=1S/C18H14N2O3/c1-20-14(8-6-12-4-2-3-5-16(12)20)11-19-13-7-9-15(18(22)23)17(21)10-13/h2-11H,1H3,(H-,21,22,23). The number of aromatic carboxylic acids is 1. The smallest absolute Gasteiger partial charge is 0.335 e. The van der Waals surface area contributed by atoms with Crippen LogP contribution in [0.3, 0.4) is 0 Å². The number of hydrogen-bond donors (Lipinski definition) is 1. The Hall–Kier alpha value is -3.21. The molecule has 2 aromatic carbocycles. The molecule has 0 spiro atoms. The lowest BCUT2D eigenvalue weighted by atomic mass is 10.2. The first-order valence-corrected chi connectivity index (χ1v) is 7.02. The minimum absolute atomic E-state index is 0.250. The van der Waals surface area contributed by atoms with Crippen molar-refractivity contribution in [1.29, 1.82) is 0 Å². The van der Waals surface area contributed by atoms with Crippen LogP contribution >= 0.6 is 0 Å². The summed E-state index contributed by atoms with van der Waals surface area (Å²) in [5.74, 6) is -1.78. The maximum atomic E-state index is 11.7. The number of aromatic nitrogens is 1. The molecule has 1 aromatic heterocycles. The SMILES string of the molecule is C[n+]1c(C=Nc2ccc(C(=O)O)c([O-])c2)ccc2ccccc21. The molecule has 1 heterocycles. The normalized spacial score (nSPS) is 11.2. The van der Waals surface area contributed by atoms with E-state index in [9.17, 15) is 9.90 Å². The molecule has 3 aromatic rings. The van der Waals surface area contributed by atoms with Gasteiger partial charge in [0.05, 0.1) is 17.5 Å². The zero-order valence-electron chi connectivity index (χ0n) is 12.4. The predicted octanol–water partition coefficient (Wildman–Crippen LogP) is 2.19. The molecule has 0 aliphatic carbocycles. The fourth-order valence-electron chi connectivity index (χ4n) is 2.40. The second-order valence-corrected chi connectivity index (χ2v) is 5.12. The molecule has 114 valence electrons. The van der Waals surface area contributed by atoms with E-state index in [1.165, 1.54) is 18.2 Å². The first-order valence-electron chi connectivity index (χ1n) is 7.02. The maximum Gasteiger partial charge on any atom is 0.335 e. The Bertz CT molecular complexity index is 933. The van der Waals surface area contributed by atoms with Gasteiger partial charge in [-0.25, -0.2) is 9.79 Å². The van der Waals surface area contributed by atoms with E-state index in [2.05, 4.69) is 4.99 Å². The first kappa shape index (κ1) is 14.7. The number of carboxylic acid groups (broad SMARTS) is 1. The molecule has 0 radical (unpaired) electrons. The minimum Gasteiger partial charge on any atom is -0.872 e. The topological polar surface area (TPSA) is 76.6 Å². The number of nitrogens with zero attached hydrogens (tertiary/aromatic N) is 2. The van der Waals surface area contributed by atoms with Gasteiger partial charge < -0.3 is 10.2 Å². The van der Waals surface area contributed by atoms with Crippen molar-refractivity contribution in [2.45, 2.75) is 0 Å². The molecule has 0 aliphatic heterocycles. The summed E-state index contributed by atoms with van der Waals surface area (Å²) in [4.78, 5) is 15.1. The minimum atomic E-state index is -1.23. The summed E-state index contributed by atoms with van der Waals surface area (Å²) in [6, 6.07) is 16.0. The molecule has 23 heavy (non-hydrogen) atoms. The van der Waals surface area contributed by atoms with E-state index in [0.29, 0.717) is 5.69 Å². The quantitative estimate of drug-likeness (QED) is 0.595.